The molecule has 0 aromatic carbocycles. The van der Waals surface area contributed by atoms with E-state index in [0.717, 1.165) is 6.42 Å². The standard InChI is InChI=1S/C9H14N2O4/c1-5-4-6(5)10-9(15)11-7(12)2-3-8(13)14/h5-6H,2-4H2,1H3,(H,13,14)(H2,10,11,12,15). The van der Waals surface area contributed by atoms with Gasteiger partial charge >= 0.3 is 12.0 Å². The van der Waals surface area contributed by atoms with Crippen LogP contribution in [-0.4, -0.2) is 29.1 Å². The fraction of sp³-hybridized carbons (Fsp3) is 0.667. The van der Waals surface area contributed by atoms with E-state index >= 15 is 0 Å². The van der Waals surface area contributed by atoms with Crippen molar-refractivity contribution in [1.82, 2.24) is 10.6 Å². The van der Waals surface area contributed by atoms with Crippen LogP contribution >= 0.6 is 0 Å². The first-order valence-corrected chi connectivity index (χ1v) is 4.81. The molecule has 1 fully saturated rings. The average molecular weight is 214 g/mol. The van der Waals surface area contributed by atoms with Crippen LogP contribution in [0.15, 0.2) is 0 Å². The van der Waals surface area contributed by atoms with Crippen molar-refractivity contribution in [2.75, 3.05) is 0 Å². The van der Waals surface area contributed by atoms with Gasteiger partial charge in [0, 0.05) is 12.5 Å². The zero-order chi connectivity index (χ0) is 11.4. The lowest BCUT2D eigenvalue weighted by molar-refractivity contribution is -0.138. The van der Waals surface area contributed by atoms with Gasteiger partial charge in [-0.25, -0.2) is 4.79 Å². The molecule has 3 amide bonds. The summed E-state index contributed by atoms with van der Waals surface area (Å²) in [6.07, 6.45) is 0.485. The van der Waals surface area contributed by atoms with E-state index in [-0.39, 0.29) is 18.9 Å². The van der Waals surface area contributed by atoms with Gasteiger partial charge in [-0.15, -0.1) is 0 Å². The largest absolute Gasteiger partial charge is 0.481 e. The number of carbonyl (C=O) groups excluding carboxylic acids is 2. The Kier molecular flexibility index (Phi) is 3.65. The van der Waals surface area contributed by atoms with E-state index < -0.39 is 17.9 Å². The van der Waals surface area contributed by atoms with Gasteiger partial charge in [-0.3, -0.25) is 14.9 Å². The lowest BCUT2D eigenvalue weighted by Gasteiger charge is -2.04. The van der Waals surface area contributed by atoms with Gasteiger partial charge in [-0.1, -0.05) is 6.92 Å². The maximum absolute atomic E-state index is 11.1. The highest BCUT2D eigenvalue weighted by Gasteiger charge is 2.34. The third kappa shape index (κ3) is 4.44. The van der Waals surface area contributed by atoms with Crippen LogP contribution in [0.1, 0.15) is 26.2 Å². The van der Waals surface area contributed by atoms with Crippen LogP contribution in [-0.2, 0) is 9.59 Å². The van der Waals surface area contributed by atoms with Crippen LogP contribution in [0.2, 0.25) is 0 Å². The Morgan fingerprint density at radius 1 is 1.33 bits per heavy atom. The maximum Gasteiger partial charge on any atom is 0.321 e. The van der Waals surface area contributed by atoms with Crippen molar-refractivity contribution in [1.29, 1.82) is 0 Å². The van der Waals surface area contributed by atoms with Gasteiger partial charge in [-0.05, 0) is 12.3 Å². The maximum atomic E-state index is 11.1. The summed E-state index contributed by atoms with van der Waals surface area (Å²) in [5, 5.41) is 13.0. The Balaban J connectivity index is 2.14. The van der Waals surface area contributed by atoms with E-state index in [1.54, 1.807) is 0 Å². The molecule has 2 atom stereocenters. The minimum atomic E-state index is -1.05. The second kappa shape index (κ2) is 4.77. The zero-order valence-corrected chi connectivity index (χ0v) is 8.45. The number of carboxylic acids is 1. The third-order valence-corrected chi connectivity index (χ3v) is 2.24. The number of hydrogen-bond acceptors (Lipinski definition) is 3. The molecule has 84 valence electrons. The SMILES string of the molecule is CC1CC1NC(=O)NC(=O)CCC(=O)O. The van der Waals surface area contributed by atoms with E-state index in [1.807, 2.05) is 6.92 Å². The molecule has 0 radical (unpaired) electrons. The van der Waals surface area contributed by atoms with E-state index in [0.29, 0.717) is 5.92 Å². The van der Waals surface area contributed by atoms with Gasteiger partial charge in [0.25, 0.3) is 0 Å². The summed E-state index contributed by atoms with van der Waals surface area (Å²) in [6.45, 7) is 2.00. The molecule has 0 heterocycles. The average Bonchev–Trinajstić information content (AvgIpc) is 2.78. The molecule has 0 aliphatic heterocycles. The number of imide groups is 1. The number of carboxylic acid groups (broad SMARTS) is 1. The summed E-state index contributed by atoms with van der Waals surface area (Å²) in [5.41, 5.74) is 0. The first-order chi connectivity index (χ1) is 6.99. The van der Waals surface area contributed by atoms with Gasteiger partial charge in [0.2, 0.25) is 5.91 Å². The predicted molar refractivity (Wildman–Crippen MR) is 51.1 cm³/mol. The summed E-state index contributed by atoms with van der Waals surface area (Å²) >= 11 is 0. The smallest absolute Gasteiger partial charge is 0.321 e. The molecule has 6 nitrogen and oxygen atoms in total. The fourth-order valence-corrected chi connectivity index (χ4v) is 1.14. The van der Waals surface area contributed by atoms with Crippen LogP contribution in [0.4, 0.5) is 4.79 Å². The number of nitrogens with one attached hydrogen (secondary N) is 2. The first kappa shape index (κ1) is 11.5. The molecule has 2 unspecified atom stereocenters. The Bertz CT molecular complexity index is 290. The Labute approximate surface area is 87.0 Å². The van der Waals surface area contributed by atoms with Crippen molar-refractivity contribution in [3.8, 4) is 0 Å². The van der Waals surface area contributed by atoms with E-state index in [4.69, 9.17) is 5.11 Å². The van der Waals surface area contributed by atoms with Crippen molar-refractivity contribution in [2.45, 2.75) is 32.2 Å². The number of hydrogen-bond donors (Lipinski definition) is 3. The monoisotopic (exact) mass is 214 g/mol. The fourth-order valence-electron chi connectivity index (χ4n) is 1.14. The molecule has 15 heavy (non-hydrogen) atoms. The van der Waals surface area contributed by atoms with Gasteiger partial charge in [0.1, 0.15) is 0 Å². The second-order valence-corrected chi connectivity index (χ2v) is 3.73. The van der Waals surface area contributed by atoms with Gasteiger partial charge < -0.3 is 10.4 Å². The van der Waals surface area contributed by atoms with Gasteiger partial charge in [0.15, 0.2) is 0 Å². The van der Waals surface area contributed by atoms with E-state index in [2.05, 4.69) is 10.6 Å². The van der Waals surface area contributed by atoms with Gasteiger partial charge in [0.05, 0.1) is 6.42 Å². The highest BCUT2D eigenvalue weighted by Crippen LogP contribution is 2.28. The van der Waals surface area contributed by atoms with Crippen LogP contribution < -0.4 is 10.6 Å². The Hall–Kier alpha value is -1.59. The van der Waals surface area contributed by atoms with Crippen LogP contribution in [0.5, 0.6) is 0 Å². The van der Waals surface area contributed by atoms with Crippen LogP contribution in [0.3, 0.4) is 0 Å². The highest BCUT2D eigenvalue weighted by atomic mass is 16.4. The van der Waals surface area contributed by atoms with Crippen LogP contribution in [0.25, 0.3) is 0 Å². The van der Waals surface area contributed by atoms with E-state index in [1.165, 1.54) is 0 Å². The summed E-state index contributed by atoms with van der Waals surface area (Å²) in [4.78, 5) is 32.2. The molecule has 1 aliphatic rings. The number of urea groups is 1. The molecular weight excluding hydrogens is 200 g/mol. The van der Waals surface area contributed by atoms with Crippen molar-refractivity contribution >= 4 is 17.9 Å². The molecule has 0 aromatic rings. The molecule has 3 N–H and O–H groups in total. The molecule has 1 aliphatic carbocycles. The Morgan fingerprint density at radius 3 is 2.40 bits per heavy atom. The molecule has 1 saturated carbocycles. The number of rotatable bonds is 4. The summed E-state index contributed by atoms with van der Waals surface area (Å²) in [7, 11) is 0. The van der Waals surface area contributed by atoms with Crippen LogP contribution in [0, 0.1) is 5.92 Å². The summed E-state index contributed by atoms with van der Waals surface area (Å²) in [6, 6.07) is -0.392. The molecule has 0 aromatic heterocycles. The zero-order valence-electron chi connectivity index (χ0n) is 8.45. The number of amides is 3. The molecule has 0 spiro atoms. The number of carbonyl (C=O) groups is 3. The minimum absolute atomic E-state index is 0.150. The molecule has 1 rings (SSSR count). The van der Waals surface area contributed by atoms with Gasteiger partial charge in [-0.2, -0.15) is 0 Å². The topological polar surface area (TPSA) is 95.5 Å². The van der Waals surface area contributed by atoms with Crippen molar-refractivity contribution in [3.05, 3.63) is 0 Å². The molecule has 0 saturated heterocycles. The quantitative estimate of drug-likeness (QED) is 0.617. The van der Waals surface area contributed by atoms with E-state index in [9.17, 15) is 14.4 Å². The minimum Gasteiger partial charge on any atom is -0.481 e. The normalized spacial score (nSPS) is 23.0. The summed E-state index contributed by atoms with van der Waals surface area (Å²) < 4.78 is 0. The van der Waals surface area contributed by atoms with Crippen molar-refractivity contribution < 1.29 is 19.5 Å². The summed E-state index contributed by atoms with van der Waals surface area (Å²) in [5.74, 6) is -1.16. The molecule has 0 bridgehead atoms. The molecular formula is C9H14N2O4. The third-order valence-electron chi connectivity index (χ3n) is 2.24. The lowest BCUT2D eigenvalue weighted by Crippen LogP contribution is -2.40. The van der Waals surface area contributed by atoms with Crippen molar-refractivity contribution in [2.24, 2.45) is 5.92 Å². The molecule has 6 heteroatoms. The predicted octanol–water partition coefficient (Wildman–Crippen LogP) is 0.0854. The lowest BCUT2D eigenvalue weighted by atomic mass is 10.3. The Morgan fingerprint density at radius 2 is 1.93 bits per heavy atom. The highest BCUT2D eigenvalue weighted by molar-refractivity contribution is 5.95. The first-order valence-electron chi connectivity index (χ1n) is 4.81. The number of aliphatic carboxylic acids is 1. The van der Waals surface area contributed by atoms with Crippen molar-refractivity contribution in [3.63, 3.8) is 0 Å². The second-order valence-electron chi connectivity index (χ2n) is 3.73.